The minimum atomic E-state index is 0.725. The fourth-order valence-corrected chi connectivity index (χ4v) is 1.86. The van der Waals surface area contributed by atoms with Crippen molar-refractivity contribution in [1.29, 1.82) is 0 Å². The Morgan fingerprint density at radius 2 is 2.27 bits per heavy atom. The Kier molecular flexibility index (Phi) is 3.47. The van der Waals surface area contributed by atoms with Crippen molar-refractivity contribution >= 4 is 0 Å². The van der Waals surface area contributed by atoms with Gasteiger partial charge in [-0.3, -0.25) is 0 Å². The highest BCUT2D eigenvalue weighted by molar-refractivity contribution is 5.06. The van der Waals surface area contributed by atoms with Gasteiger partial charge < -0.3 is 9.73 Å². The Morgan fingerprint density at radius 3 is 2.80 bits per heavy atom. The molecule has 2 heteroatoms. The van der Waals surface area contributed by atoms with Gasteiger partial charge in [0, 0.05) is 6.04 Å². The first-order valence-corrected chi connectivity index (χ1v) is 6.00. The predicted molar refractivity (Wildman–Crippen MR) is 61.8 cm³/mol. The third-order valence-electron chi connectivity index (χ3n) is 3.27. The SMILES string of the molecule is CC(C)C(CNC1CC1)Cc1ccoc1. The van der Waals surface area contributed by atoms with E-state index in [0.717, 1.165) is 30.8 Å². The van der Waals surface area contributed by atoms with Crippen LogP contribution in [0.25, 0.3) is 0 Å². The van der Waals surface area contributed by atoms with Crippen molar-refractivity contribution in [2.75, 3.05) is 6.54 Å². The highest BCUT2D eigenvalue weighted by Gasteiger charge is 2.23. The zero-order chi connectivity index (χ0) is 10.7. The Labute approximate surface area is 92.1 Å². The van der Waals surface area contributed by atoms with Gasteiger partial charge in [-0.25, -0.2) is 0 Å². The van der Waals surface area contributed by atoms with Crippen molar-refractivity contribution in [1.82, 2.24) is 5.32 Å². The molecule has 0 bridgehead atoms. The lowest BCUT2D eigenvalue weighted by Gasteiger charge is -2.20. The molecule has 1 saturated carbocycles. The Morgan fingerprint density at radius 1 is 1.47 bits per heavy atom. The number of hydrogen-bond donors (Lipinski definition) is 1. The van der Waals surface area contributed by atoms with Gasteiger partial charge in [0.1, 0.15) is 0 Å². The van der Waals surface area contributed by atoms with Crippen molar-refractivity contribution in [2.45, 2.75) is 39.2 Å². The molecule has 0 radical (unpaired) electrons. The summed E-state index contributed by atoms with van der Waals surface area (Å²) in [5.74, 6) is 1.45. The summed E-state index contributed by atoms with van der Waals surface area (Å²) in [6.07, 6.45) is 7.51. The monoisotopic (exact) mass is 207 g/mol. The highest BCUT2D eigenvalue weighted by Crippen LogP contribution is 2.22. The molecule has 1 aliphatic rings. The largest absolute Gasteiger partial charge is 0.472 e. The fourth-order valence-electron chi connectivity index (χ4n) is 1.86. The van der Waals surface area contributed by atoms with Crippen LogP contribution >= 0.6 is 0 Å². The average Bonchev–Trinajstić information content (AvgIpc) is 2.89. The highest BCUT2D eigenvalue weighted by atomic mass is 16.3. The van der Waals surface area contributed by atoms with Gasteiger partial charge in [0.2, 0.25) is 0 Å². The van der Waals surface area contributed by atoms with E-state index in [9.17, 15) is 0 Å². The van der Waals surface area contributed by atoms with Crippen LogP contribution in [-0.4, -0.2) is 12.6 Å². The maximum absolute atomic E-state index is 5.11. The average molecular weight is 207 g/mol. The lowest BCUT2D eigenvalue weighted by molar-refractivity contribution is 0.358. The topological polar surface area (TPSA) is 25.2 Å². The van der Waals surface area contributed by atoms with E-state index in [4.69, 9.17) is 4.42 Å². The molecule has 15 heavy (non-hydrogen) atoms. The predicted octanol–water partition coefficient (Wildman–Crippen LogP) is 2.85. The second kappa shape index (κ2) is 4.84. The van der Waals surface area contributed by atoms with Crippen LogP contribution in [0, 0.1) is 11.8 Å². The van der Waals surface area contributed by atoms with E-state index in [2.05, 4.69) is 25.2 Å². The van der Waals surface area contributed by atoms with Crippen molar-refractivity contribution in [3.63, 3.8) is 0 Å². The third-order valence-corrected chi connectivity index (χ3v) is 3.27. The van der Waals surface area contributed by atoms with Gasteiger partial charge in [-0.15, -0.1) is 0 Å². The molecule has 1 aromatic heterocycles. The summed E-state index contributed by atoms with van der Waals surface area (Å²) in [6.45, 7) is 5.76. The second-order valence-electron chi connectivity index (χ2n) is 5.02. The lowest BCUT2D eigenvalue weighted by atomic mass is 9.90. The van der Waals surface area contributed by atoms with Gasteiger partial charge in [-0.2, -0.15) is 0 Å². The van der Waals surface area contributed by atoms with Crippen LogP contribution in [0.4, 0.5) is 0 Å². The maximum Gasteiger partial charge on any atom is 0.0934 e. The van der Waals surface area contributed by atoms with E-state index in [0.29, 0.717) is 0 Å². The van der Waals surface area contributed by atoms with E-state index in [-0.39, 0.29) is 0 Å². The molecule has 1 unspecified atom stereocenters. The summed E-state index contributed by atoms with van der Waals surface area (Å²) in [4.78, 5) is 0. The number of nitrogens with one attached hydrogen (secondary N) is 1. The van der Waals surface area contributed by atoms with Crippen LogP contribution < -0.4 is 5.32 Å². The van der Waals surface area contributed by atoms with E-state index in [1.54, 1.807) is 6.26 Å². The zero-order valence-electron chi connectivity index (χ0n) is 9.70. The molecule has 0 spiro atoms. The van der Waals surface area contributed by atoms with E-state index >= 15 is 0 Å². The molecule has 1 N–H and O–H groups in total. The van der Waals surface area contributed by atoms with Crippen molar-refractivity contribution in [2.24, 2.45) is 11.8 Å². The minimum absolute atomic E-state index is 0.725. The van der Waals surface area contributed by atoms with Crippen molar-refractivity contribution in [3.05, 3.63) is 24.2 Å². The summed E-state index contributed by atoms with van der Waals surface area (Å²) >= 11 is 0. The Hall–Kier alpha value is -0.760. The van der Waals surface area contributed by atoms with Gasteiger partial charge in [-0.05, 0) is 49.3 Å². The Bertz CT molecular complexity index is 275. The molecule has 0 saturated heterocycles. The molecule has 2 nitrogen and oxygen atoms in total. The van der Waals surface area contributed by atoms with Crippen LogP contribution in [-0.2, 0) is 6.42 Å². The summed E-state index contributed by atoms with van der Waals surface area (Å²) in [6, 6.07) is 2.89. The van der Waals surface area contributed by atoms with Gasteiger partial charge >= 0.3 is 0 Å². The molecule has 2 rings (SSSR count). The summed E-state index contributed by atoms with van der Waals surface area (Å²) in [7, 11) is 0. The van der Waals surface area contributed by atoms with Crippen LogP contribution in [0.1, 0.15) is 32.3 Å². The molecule has 1 aromatic rings. The molecule has 1 heterocycles. The van der Waals surface area contributed by atoms with Gasteiger partial charge in [0.05, 0.1) is 12.5 Å². The first kappa shape index (κ1) is 10.7. The Balaban J connectivity index is 1.81. The van der Waals surface area contributed by atoms with Gasteiger partial charge in [0.25, 0.3) is 0 Å². The molecular weight excluding hydrogens is 186 g/mol. The third kappa shape index (κ3) is 3.38. The molecular formula is C13H21NO. The van der Waals surface area contributed by atoms with Crippen LogP contribution in [0.15, 0.2) is 23.0 Å². The van der Waals surface area contributed by atoms with Gasteiger partial charge in [0.15, 0.2) is 0 Å². The first-order valence-electron chi connectivity index (χ1n) is 6.00. The molecule has 1 fully saturated rings. The van der Waals surface area contributed by atoms with E-state index in [1.807, 2.05) is 6.26 Å². The van der Waals surface area contributed by atoms with Gasteiger partial charge in [-0.1, -0.05) is 13.8 Å². The van der Waals surface area contributed by atoms with Crippen LogP contribution in [0.5, 0.6) is 0 Å². The summed E-state index contributed by atoms with van der Waals surface area (Å²) in [5.41, 5.74) is 1.33. The number of rotatable bonds is 6. The molecule has 1 aliphatic carbocycles. The fraction of sp³-hybridized carbons (Fsp3) is 0.692. The normalized spacial score (nSPS) is 18.3. The molecule has 1 atom stereocenters. The summed E-state index contributed by atoms with van der Waals surface area (Å²) < 4.78 is 5.11. The number of hydrogen-bond acceptors (Lipinski definition) is 2. The smallest absolute Gasteiger partial charge is 0.0934 e. The molecule has 0 amide bonds. The minimum Gasteiger partial charge on any atom is -0.472 e. The van der Waals surface area contributed by atoms with E-state index < -0.39 is 0 Å². The standard InChI is InChI=1S/C13H21NO/c1-10(2)12(8-14-13-3-4-13)7-11-5-6-15-9-11/h5-6,9-10,12-14H,3-4,7-8H2,1-2H3. The quantitative estimate of drug-likeness (QED) is 0.776. The van der Waals surface area contributed by atoms with Crippen molar-refractivity contribution in [3.8, 4) is 0 Å². The number of furan rings is 1. The molecule has 0 aliphatic heterocycles. The lowest BCUT2D eigenvalue weighted by Crippen LogP contribution is -2.29. The van der Waals surface area contributed by atoms with Crippen LogP contribution in [0.3, 0.4) is 0 Å². The molecule has 0 aromatic carbocycles. The van der Waals surface area contributed by atoms with Crippen molar-refractivity contribution < 1.29 is 4.42 Å². The maximum atomic E-state index is 5.11. The van der Waals surface area contributed by atoms with Crippen LogP contribution in [0.2, 0.25) is 0 Å². The first-order chi connectivity index (χ1) is 7.25. The second-order valence-corrected chi connectivity index (χ2v) is 5.02. The summed E-state index contributed by atoms with van der Waals surface area (Å²) in [5, 5.41) is 3.62. The molecule has 84 valence electrons. The van der Waals surface area contributed by atoms with E-state index in [1.165, 1.54) is 18.4 Å². The zero-order valence-corrected chi connectivity index (χ0v) is 9.70.